The Morgan fingerprint density at radius 2 is 1.78 bits per heavy atom. The summed E-state index contributed by atoms with van der Waals surface area (Å²) in [4.78, 5) is 12.0. The molecule has 0 saturated carbocycles. The quantitative estimate of drug-likeness (QED) is 0.819. The second-order valence-corrected chi connectivity index (χ2v) is 5.05. The van der Waals surface area contributed by atoms with Crippen LogP contribution in [-0.4, -0.2) is 6.03 Å². The van der Waals surface area contributed by atoms with Crippen molar-refractivity contribution in [3.8, 4) is 0 Å². The zero-order valence-electron chi connectivity index (χ0n) is 12.5. The maximum atomic E-state index is 12.7. The predicted octanol–water partition coefficient (Wildman–Crippen LogP) is 4.98. The second-order valence-electron chi connectivity index (χ2n) is 5.05. The van der Waals surface area contributed by atoms with Crippen LogP contribution in [0.25, 0.3) is 0 Å². The van der Waals surface area contributed by atoms with Crippen molar-refractivity contribution in [2.75, 3.05) is 5.32 Å². The number of anilines is 1. The van der Waals surface area contributed by atoms with Crippen molar-refractivity contribution in [1.29, 1.82) is 0 Å². The summed E-state index contributed by atoms with van der Waals surface area (Å²) in [5.74, 6) is 0. The SMILES string of the molecule is CC[C@@H](NC(=O)Nc1cccc(C(F)(F)F)c1)c1ccccc1. The van der Waals surface area contributed by atoms with Gasteiger partial charge in [0.2, 0.25) is 0 Å². The van der Waals surface area contributed by atoms with Crippen LogP contribution in [0.15, 0.2) is 54.6 Å². The van der Waals surface area contributed by atoms with Crippen LogP contribution in [-0.2, 0) is 6.18 Å². The molecule has 1 atom stereocenters. The monoisotopic (exact) mass is 322 g/mol. The van der Waals surface area contributed by atoms with Gasteiger partial charge in [0, 0.05) is 5.69 Å². The van der Waals surface area contributed by atoms with Gasteiger partial charge < -0.3 is 10.6 Å². The maximum absolute atomic E-state index is 12.7. The number of alkyl halides is 3. The summed E-state index contributed by atoms with van der Waals surface area (Å²) in [6, 6.07) is 13.2. The highest BCUT2D eigenvalue weighted by molar-refractivity contribution is 5.89. The van der Waals surface area contributed by atoms with E-state index in [1.165, 1.54) is 12.1 Å². The molecule has 0 radical (unpaired) electrons. The van der Waals surface area contributed by atoms with Gasteiger partial charge in [0.15, 0.2) is 0 Å². The summed E-state index contributed by atoms with van der Waals surface area (Å²) < 4.78 is 38.0. The summed E-state index contributed by atoms with van der Waals surface area (Å²) >= 11 is 0. The molecule has 2 N–H and O–H groups in total. The summed E-state index contributed by atoms with van der Waals surface area (Å²) in [6.45, 7) is 1.92. The Morgan fingerprint density at radius 1 is 1.09 bits per heavy atom. The number of amides is 2. The minimum atomic E-state index is -4.44. The minimum Gasteiger partial charge on any atom is -0.331 e. The number of urea groups is 1. The molecule has 6 heteroatoms. The first-order chi connectivity index (χ1) is 10.9. The first kappa shape index (κ1) is 16.9. The highest BCUT2D eigenvalue weighted by Gasteiger charge is 2.30. The molecule has 2 aromatic rings. The van der Waals surface area contributed by atoms with Crippen molar-refractivity contribution in [3.63, 3.8) is 0 Å². The molecule has 3 nitrogen and oxygen atoms in total. The topological polar surface area (TPSA) is 41.1 Å². The fraction of sp³-hybridized carbons (Fsp3) is 0.235. The smallest absolute Gasteiger partial charge is 0.331 e. The van der Waals surface area contributed by atoms with E-state index in [1.807, 2.05) is 37.3 Å². The standard InChI is InChI=1S/C17H17F3N2O/c1-2-15(12-7-4-3-5-8-12)22-16(23)21-14-10-6-9-13(11-14)17(18,19)20/h3-11,15H,2H2,1H3,(H2,21,22,23)/t15-/m1/s1. The molecule has 2 amide bonds. The summed E-state index contributed by atoms with van der Waals surface area (Å²) in [5, 5.41) is 5.20. The predicted molar refractivity (Wildman–Crippen MR) is 83.1 cm³/mol. The Morgan fingerprint density at radius 3 is 2.39 bits per heavy atom. The van der Waals surface area contributed by atoms with E-state index in [2.05, 4.69) is 10.6 Å². The van der Waals surface area contributed by atoms with Gasteiger partial charge in [0.05, 0.1) is 11.6 Å². The Bertz CT molecular complexity index is 656. The van der Waals surface area contributed by atoms with Crippen molar-refractivity contribution in [2.45, 2.75) is 25.6 Å². The van der Waals surface area contributed by atoms with Crippen LogP contribution in [0.3, 0.4) is 0 Å². The lowest BCUT2D eigenvalue weighted by molar-refractivity contribution is -0.137. The third kappa shape index (κ3) is 4.74. The Hall–Kier alpha value is -2.50. The zero-order valence-corrected chi connectivity index (χ0v) is 12.5. The van der Waals surface area contributed by atoms with Gasteiger partial charge in [-0.25, -0.2) is 4.79 Å². The van der Waals surface area contributed by atoms with Gasteiger partial charge in [-0.15, -0.1) is 0 Å². The number of halogens is 3. The molecule has 0 unspecified atom stereocenters. The number of nitrogens with one attached hydrogen (secondary N) is 2. The molecule has 0 fully saturated rings. The van der Waals surface area contributed by atoms with Gasteiger partial charge in [0.25, 0.3) is 0 Å². The highest BCUT2D eigenvalue weighted by Crippen LogP contribution is 2.30. The van der Waals surface area contributed by atoms with Gasteiger partial charge in [-0.3, -0.25) is 0 Å². The van der Waals surface area contributed by atoms with E-state index in [9.17, 15) is 18.0 Å². The lowest BCUT2D eigenvalue weighted by Gasteiger charge is -2.18. The van der Waals surface area contributed by atoms with E-state index >= 15 is 0 Å². The molecule has 23 heavy (non-hydrogen) atoms. The third-order valence-electron chi connectivity index (χ3n) is 3.36. The first-order valence-electron chi connectivity index (χ1n) is 7.20. The molecule has 2 rings (SSSR count). The maximum Gasteiger partial charge on any atom is 0.416 e. The molecule has 0 aliphatic rings. The Kier molecular flexibility index (Phi) is 5.26. The molecular formula is C17H17F3N2O. The Labute approximate surface area is 132 Å². The molecular weight excluding hydrogens is 305 g/mol. The van der Waals surface area contributed by atoms with E-state index in [0.29, 0.717) is 6.42 Å². The summed E-state index contributed by atoms with van der Waals surface area (Å²) in [7, 11) is 0. The first-order valence-corrected chi connectivity index (χ1v) is 7.20. The van der Waals surface area contributed by atoms with Crippen molar-refractivity contribution in [2.24, 2.45) is 0 Å². The molecule has 0 spiro atoms. The number of rotatable bonds is 4. The number of benzene rings is 2. The lowest BCUT2D eigenvalue weighted by atomic mass is 10.1. The van der Waals surface area contributed by atoms with Crippen LogP contribution >= 0.6 is 0 Å². The third-order valence-corrected chi connectivity index (χ3v) is 3.36. The fourth-order valence-electron chi connectivity index (χ4n) is 2.21. The van der Waals surface area contributed by atoms with Crippen molar-refractivity contribution in [3.05, 3.63) is 65.7 Å². The molecule has 0 heterocycles. The van der Waals surface area contributed by atoms with E-state index in [-0.39, 0.29) is 11.7 Å². The molecule has 0 aromatic heterocycles. The highest BCUT2D eigenvalue weighted by atomic mass is 19.4. The van der Waals surface area contributed by atoms with Gasteiger partial charge in [-0.2, -0.15) is 13.2 Å². The van der Waals surface area contributed by atoms with Crippen molar-refractivity contribution < 1.29 is 18.0 Å². The average molecular weight is 322 g/mol. The number of carbonyl (C=O) groups excluding carboxylic acids is 1. The molecule has 0 aliphatic heterocycles. The molecule has 0 saturated heterocycles. The number of hydrogen-bond acceptors (Lipinski definition) is 1. The zero-order chi connectivity index (χ0) is 16.9. The van der Waals surface area contributed by atoms with Crippen molar-refractivity contribution >= 4 is 11.7 Å². The van der Waals surface area contributed by atoms with E-state index < -0.39 is 17.8 Å². The van der Waals surface area contributed by atoms with Crippen LogP contribution < -0.4 is 10.6 Å². The van der Waals surface area contributed by atoms with Crippen molar-refractivity contribution in [1.82, 2.24) is 5.32 Å². The second kappa shape index (κ2) is 7.17. The normalized spacial score (nSPS) is 12.5. The van der Waals surface area contributed by atoms with Gasteiger partial charge in [-0.05, 0) is 30.2 Å². The van der Waals surface area contributed by atoms with E-state index in [1.54, 1.807) is 0 Å². The largest absolute Gasteiger partial charge is 0.416 e. The fourth-order valence-corrected chi connectivity index (χ4v) is 2.21. The lowest BCUT2D eigenvalue weighted by Crippen LogP contribution is -2.32. The summed E-state index contributed by atoms with van der Waals surface area (Å²) in [6.07, 6.45) is -3.77. The molecule has 122 valence electrons. The van der Waals surface area contributed by atoms with Crippen LogP contribution in [0.4, 0.5) is 23.7 Å². The number of carbonyl (C=O) groups is 1. The van der Waals surface area contributed by atoms with Crippen LogP contribution in [0.1, 0.15) is 30.5 Å². The number of hydrogen-bond donors (Lipinski definition) is 2. The molecule has 0 bridgehead atoms. The van der Waals surface area contributed by atoms with Crippen LogP contribution in [0.2, 0.25) is 0 Å². The van der Waals surface area contributed by atoms with Crippen LogP contribution in [0.5, 0.6) is 0 Å². The van der Waals surface area contributed by atoms with E-state index in [0.717, 1.165) is 17.7 Å². The van der Waals surface area contributed by atoms with Gasteiger partial charge >= 0.3 is 12.2 Å². The molecule has 0 aliphatic carbocycles. The minimum absolute atomic E-state index is 0.0974. The van der Waals surface area contributed by atoms with Gasteiger partial charge in [0.1, 0.15) is 0 Å². The molecule has 2 aromatic carbocycles. The van der Waals surface area contributed by atoms with E-state index in [4.69, 9.17) is 0 Å². The average Bonchev–Trinajstić information content (AvgIpc) is 2.53. The van der Waals surface area contributed by atoms with Crippen LogP contribution in [0, 0.1) is 0 Å². The van der Waals surface area contributed by atoms with Gasteiger partial charge in [-0.1, -0.05) is 43.3 Å². The Balaban J connectivity index is 2.04. The summed E-state index contributed by atoms with van der Waals surface area (Å²) in [5.41, 5.74) is 0.236.